The molecule has 1 aromatic carbocycles. The smallest absolute Gasteiger partial charge is 0.312 e. The van der Waals surface area contributed by atoms with Crippen molar-refractivity contribution in [2.45, 2.75) is 5.92 Å². The molecule has 0 heterocycles. The van der Waals surface area contributed by atoms with Crippen LogP contribution < -0.4 is 10.5 Å². The first kappa shape index (κ1) is 13.9. The molecule has 0 aliphatic rings. The maximum Gasteiger partial charge on any atom is 0.312 e. The molecule has 0 aromatic heterocycles. The fourth-order valence-electron chi connectivity index (χ4n) is 1.46. The van der Waals surface area contributed by atoms with Crippen molar-refractivity contribution >= 4 is 21.9 Å². The molecule has 1 aromatic rings. The molecule has 4 nitrogen and oxygen atoms in total. The predicted molar refractivity (Wildman–Crippen MR) is 60.0 cm³/mol. The second-order valence-electron chi connectivity index (χ2n) is 3.23. The van der Waals surface area contributed by atoms with Gasteiger partial charge in [-0.2, -0.15) is 0 Å². The molecular weight excluding hydrogens is 300 g/mol. The molecule has 0 saturated heterocycles. The number of carboxylic acids is 1. The van der Waals surface area contributed by atoms with Crippen LogP contribution in [0.15, 0.2) is 10.5 Å². The molecule has 0 spiro atoms. The lowest BCUT2D eigenvalue weighted by atomic mass is 9.97. The van der Waals surface area contributed by atoms with Crippen molar-refractivity contribution in [3.63, 3.8) is 0 Å². The fourth-order valence-corrected chi connectivity index (χ4v) is 1.87. The minimum atomic E-state index is -1.36. The van der Waals surface area contributed by atoms with Crippen molar-refractivity contribution in [1.29, 1.82) is 0 Å². The third-order valence-electron chi connectivity index (χ3n) is 2.25. The van der Waals surface area contributed by atoms with E-state index < -0.39 is 34.8 Å². The highest BCUT2D eigenvalue weighted by Crippen LogP contribution is 2.35. The summed E-state index contributed by atoms with van der Waals surface area (Å²) in [7, 11) is 1.13. The van der Waals surface area contributed by atoms with E-state index in [1.807, 2.05) is 0 Å². The zero-order valence-electron chi connectivity index (χ0n) is 8.84. The average molecular weight is 310 g/mol. The van der Waals surface area contributed by atoms with E-state index in [-0.39, 0.29) is 11.0 Å². The lowest BCUT2D eigenvalue weighted by Gasteiger charge is -2.16. The van der Waals surface area contributed by atoms with E-state index in [0.29, 0.717) is 0 Å². The molecule has 7 heteroatoms. The summed E-state index contributed by atoms with van der Waals surface area (Å²) in [5, 5.41) is 8.91. The Morgan fingerprint density at radius 1 is 1.65 bits per heavy atom. The van der Waals surface area contributed by atoms with Crippen molar-refractivity contribution in [1.82, 2.24) is 0 Å². The lowest BCUT2D eigenvalue weighted by Crippen LogP contribution is -2.23. The molecule has 0 saturated carbocycles. The van der Waals surface area contributed by atoms with Gasteiger partial charge in [-0.3, -0.25) is 4.79 Å². The number of carbonyl (C=O) groups is 1. The number of halogens is 3. The SMILES string of the molecule is COc1c(F)cc(Br)c(F)c1C(CN)C(=O)O. The van der Waals surface area contributed by atoms with Crippen LogP contribution in [0, 0.1) is 11.6 Å². The van der Waals surface area contributed by atoms with Crippen LogP contribution in [-0.4, -0.2) is 24.7 Å². The van der Waals surface area contributed by atoms with Crippen LogP contribution in [0.5, 0.6) is 5.75 Å². The number of aliphatic carboxylic acids is 1. The molecule has 1 atom stereocenters. The summed E-state index contributed by atoms with van der Waals surface area (Å²) >= 11 is 2.80. The van der Waals surface area contributed by atoms with Crippen LogP contribution in [0.25, 0.3) is 0 Å². The first-order chi connectivity index (χ1) is 7.93. The summed E-state index contributed by atoms with van der Waals surface area (Å²) in [5.41, 5.74) is 4.86. The first-order valence-corrected chi connectivity index (χ1v) is 5.37. The Morgan fingerprint density at radius 2 is 2.24 bits per heavy atom. The molecule has 17 heavy (non-hydrogen) atoms. The number of nitrogens with two attached hydrogens (primary N) is 1. The van der Waals surface area contributed by atoms with E-state index in [9.17, 15) is 13.6 Å². The lowest BCUT2D eigenvalue weighted by molar-refractivity contribution is -0.138. The number of rotatable bonds is 4. The van der Waals surface area contributed by atoms with Crippen molar-refractivity contribution in [3.8, 4) is 5.75 Å². The number of hydrogen-bond donors (Lipinski definition) is 2. The van der Waals surface area contributed by atoms with Gasteiger partial charge in [-0.25, -0.2) is 8.78 Å². The molecule has 0 amide bonds. The Labute approximate surface area is 104 Å². The highest BCUT2D eigenvalue weighted by molar-refractivity contribution is 9.10. The molecule has 1 rings (SSSR count). The van der Waals surface area contributed by atoms with Gasteiger partial charge in [0.15, 0.2) is 11.6 Å². The Bertz CT molecular complexity index is 454. The number of ether oxygens (including phenoxy) is 1. The van der Waals surface area contributed by atoms with E-state index in [0.717, 1.165) is 13.2 Å². The second kappa shape index (κ2) is 5.42. The van der Waals surface area contributed by atoms with Crippen LogP contribution >= 0.6 is 15.9 Å². The maximum absolute atomic E-state index is 13.8. The zero-order chi connectivity index (χ0) is 13.2. The van der Waals surface area contributed by atoms with Crippen molar-refractivity contribution in [3.05, 3.63) is 27.7 Å². The first-order valence-electron chi connectivity index (χ1n) is 4.58. The Morgan fingerprint density at radius 3 is 2.65 bits per heavy atom. The van der Waals surface area contributed by atoms with Gasteiger partial charge >= 0.3 is 5.97 Å². The number of hydrogen-bond acceptors (Lipinski definition) is 3. The van der Waals surface area contributed by atoms with Gasteiger partial charge in [0.05, 0.1) is 11.6 Å². The average Bonchev–Trinajstić information content (AvgIpc) is 2.25. The monoisotopic (exact) mass is 309 g/mol. The molecule has 1 unspecified atom stereocenters. The van der Waals surface area contributed by atoms with E-state index in [2.05, 4.69) is 15.9 Å². The highest BCUT2D eigenvalue weighted by Gasteiger charge is 2.29. The van der Waals surface area contributed by atoms with Crippen LogP contribution in [0.1, 0.15) is 11.5 Å². The van der Waals surface area contributed by atoms with E-state index >= 15 is 0 Å². The van der Waals surface area contributed by atoms with Crippen LogP contribution in [0.4, 0.5) is 8.78 Å². The van der Waals surface area contributed by atoms with E-state index in [1.165, 1.54) is 0 Å². The minimum absolute atomic E-state index is 0.175. The van der Waals surface area contributed by atoms with Crippen LogP contribution in [0.2, 0.25) is 0 Å². The van der Waals surface area contributed by atoms with Crippen LogP contribution in [0.3, 0.4) is 0 Å². The summed E-state index contributed by atoms with van der Waals surface area (Å²) in [6.07, 6.45) is 0. The molecule has 0 aliphatic heterocycles. The number of methoxy groups -OCH3 is 1. The van der Waals surface area contributed by atoms with E-state index in [1.54, 1.807) is 0 Å². The standard InChI is InChI=1S/C10H10BrF2NO3/c1-17-9-6(12)2-5(11)8(13)7(9)4(3-14)10(15)16/h2,4H,3,14H2,1H3,(H,15,16). The molecule has 94 valence electrons. The van der Waals surface area contributed by atoms with Gasteiger partial charge in [0.25, 0.3) is 0 Å². The zero-order valence-corrected chi connectivity index (χ0v) is 10.4. The van der Waals surface area contributed by atoms with Gasteiger partial charge in [0, 0.05) is 12.1 Å². The predicted octanol–water partition coefficient (Wildman–Crippen LogP) is 1.86. The molecule has 0 fully saturated rings. The molecule has 0 bridgehead atoms. The van der Waals surface area contributed by atoms with Crippen molar-refractivity contribution in [2.75, 3.05) is 13.7 Å². The fraction of sp³-hybridized carbons (Fsp3) is 0.300. The molecule has 3 N–H and O–H groups in total. The van der Waals surface area contributed by atoms with Gasteiger partial charge in [-0.1, -0.05) is 0 Å². The van der Waals surface area contributed by atoms with E-state index in [4.69, 9.17) is 15.6 Å². The summed E-state index contributed by atoms with van der Waals surface area (Å²) in [6.45, 7) is -0.363. The molecular formula is C10H10BrF2NO3. The van der Waals surface area contributed by atoms with Crippen molar-refractivity contribution < 1.29 is 23.4 Å². The minimum Gasteiger partial charge on any atom is -0.493 e. The Hall–Kier alpha value is -1.21. The quantitative estimate of drug-likeness (QED) is 0.833. The largest absolute Gasteiger partial charge is 0.493 e. The summed E-state index contributed by atoms with van der Waals surface area (Å²) in [6, 6.07) is 0.868. The maximum atomic E-state index is 13.8. The third kappa shape index (κ3) is 2.55. The summed E-state index contributed by atoms with van der Waals surface area (Å²) in [4.78, 5) is 10.9. The van der Waals surface area contributed by atoms with Crippen LogP contribution in [-0.2, 0) is 4.79 Å². The van der Waals surface area contributed by atoms with Gasteiger partial charge < -0.3 is 15.6 Å². The van der Waals surface area contributed by atoms with Gasteiger partial charge in [-0.05, 0) is 22.0 Å². The number of benzene rings is 1. The normalized spacial score (nSPS) is 12.3. The summed E-state index contributed by atoms with van der Waals surface area (Å²) in [5.74, 6) is -4.89. The second-order valence-corrected chi connectivity index (χ2v) is 4.08. The molecule has 0 aliphatic carbocycles. The Balaban J connectivity index is 3.53. The van der Waals surface area contributed by atoms with Gasteiger partial charge in [-0.15, -0.1) is 0 Å². The summed E-state index contributed by atoms with van der Waals surface area (Å²) < 4.78 is 31.8. The van der Waals surface area contributed by atoms with Crippen molar-refractivity contribution in [2.24, 2.45) is 5.73 Å². The number of carboxylic acid groups (broad SMARTS) is 1. The van der Waals surface area contributed by atoms with Gasteiger partial charge in [0.2, 0.25) is 0 Å². The third-order valence-corrected chi connectivity index (χ3v) is 2.82. The topological polar surface area (TPSA) is 72.5 Å². The van der Waals surface area contributed by atoms with Gasteiger partial charge in [0.1, 0.15) is 11.7 Å². The Kier molecular flexibility index (Phi) is 4.41. The highest BCUT2D eigenvalue weighted by atomic mass is 79.9. The molecule has 0 radical (unpaired) electrons.